The van der Waals surface area contributed by atoms with Crippen LogP contribution in [0.2, 0.25) is 0 Å². The number of amides is 1. The first kappa shape index (κ1) is 15.4. The van der Waals surface area contributed by atoms with Crippen LogP contribution in [-0.4, -0.2) is 21.7 Å². The highest BCUT2D eigenvalue weighted by Gasteiger charge is 2.61. The fraction of sp³-hybridized carbons (Fsp3) is 0.500. The van der Waals surface area contributed by atoms with Gasteiger partial charge in [-0.2, -0.15) is 5.10 Å². The van der Waals surface area contributed by atoms with Crippen molar-refractivity contribution in [3.63, 3.8) is 0 Å². The predicted octanol–water partition coefficient (Wildman–Crippen LogP) is 3.82. The second-order valence-electron chi connectivity index (χ2n) is 8.12. The lowest BCUT2D eigenvalue weighted by atomic mass is 9.69. The molecule has 2 aromatic rings. The van der Waals surface area contributed by atoms with Gasteiger partial charge >= 0.3 is 0 Å². The van der Waals surface area contributed by atoms with Crippen LogP contribution in [0.5, 0.6) is 0 Å². The molecule has 1 amide bonds. The maximum absolute atomic E-state index is 12.7. The van der Waals surface area contributed by atoms with Crippen LogP contribution in [0.3, 0.4) is 0 Å². The number of nitrogens with zero attached hydrogens (tertiary/aromatic N) is 2. The quantitative estimate of drug-likeness (QED) is 0.933. The Kier molecular flexibility index (Phi) is 3.34. The van der Waals surface area contributed by atoms with Crippen LogP contribution in [0.1, 0.15) is 50.5 Å². The van der Waals surface area contributed by atoms with Gasteiger partial charge in [0.25, 0.3) is 5.91 Å². The van der Waals surface area contributed by atoms with Gasteiger partial charge in [-0.25, -0.2) is 4.68 Å². The molecule has 1 aromatic carbocycles. The molecule has 4 rings (SSSR count). The fourth-order valence-electron chi connectivity index (χ4n) is 4.82. The molecular weight excluding hydrogens is 298 g/mol. The Labute approximate surface area is 143 Å². The van der Waals surface area contributed by atoms with Gasteiger partial charge in [0.1, 0.15) is 0 Å². The van der Waals surface area contributed by atoms with E-state index in [-0.39, 0.29) is 17.4 Å². The predicted molar refractivity (Wildman–Crippen MR) is 94.0 cm³/mol. The van der Waals surface area contributed by atoms with Crippen molar-refractivity contribution in [2.24, 2.45) is 16.7 Å². The second-order valence-corrected chi connectivity index (χ2v) is 8.12. The van der Waals surface area contributed by atoms with Crippen LogP contribution < -0.4 is 5.32 Å². The number of benzene rings is 1. The van der Waals surface area contributed by atoms with Gasteiger partial charge in [0.05, 0.1) is 5.69 Å². The number of rotatable bonds is 3. The SMILES string of the molecule is CC1(C)[C@H]2CC[C@@]1(C)[C@H](NC(=O)c1ccn(-c3ccccc3)n1)C2. The summed E-state index contributed by atoms with van der Waals surface area (Å²) >= 11 is 0. The highest BCUT2D eigenvalue weighted by Crippen LogP contribution is 2.65. The monoisotopic (exact) mass is 323 g/mol. The van der Waals surface area contributed by atoms with Crippen LogP contribution in [0.15, 0.2) is 42.6 Å². The van der Waals surface area contributed by atoms with Crippen LogP contribution in [0.25, 0.3) is 5.69 Å². The smallest absolute Gasteiger partial charge is 0.272 e. The van der Waals surface area contributed by atoms with Crippen molar-refractivity contribution in [3.8, 4) is 5.69 Å². The van der Waals surface area contributed by atoms with Gasteiger partial charge in [-0.3, -0.25) is 4.79 Å². The minimum Gasteiger partial charge on any atom is -0.347 e. The molecule has 2 fully saturated rings. The third-order valence-electron chi connectivity index (χ3n) is 6.94. The van der Waals surface area contributed by atoms with Crippen LogP contribution in [0.4, 0.5) is 0 Å². The van der Waals surface area contributed by atoms with Gasteiger partial charge in [-0.05, 0) is 54.2 Å². The van der Waals surface area contributed by atoms with E-state index in [0.717, 1.165) is 18.0 Å². The van der Waals surface area contributed by atoms with Gasteiger partial charge in [0.15, 0.2) is 5.69 Å². The number of nitrogens with one attached hydrogen (secondary N) is 1. The summed E-state index contributed by atoms with van der Waals surface area (Å²) < 4.78 is 1.75. The zero-order valence-electron chi connectivity index (χ0n) is 14.6. The lowest BCUT2D eigenvalue weighted by Crippen LogP contribution is -2.47. The lowest BCUT2D eigenvalue weighted by molar-refractivity contribution is 0.0821. The molecule has 1 N–H and O–H groups in total. The third-order valence-corrected chi connectivity index (χ3v) is 6.94. The second kappa shape index (κ2) is 5.20. The molecule has 3 atom stereocenters. The van der Waals surface area contributed by atoms with Crippen molar-refractivity contribution in [2.75, 3.05) is 0 Å². The van der Waals surface area contributed by atoms with Gasteiger partial charge in [-0.15, -0.1) is 0 Å². The highest BCUT2D eigenvalue weighted by molar-refractivity contribution is 5.92. The molecule has 126 valence electrons. The van der Waals surface area contributed by atoms with Crippen LogP contribution in [0, 0.1) is 16.7 Å². The summed E-state index contributed by atoms with van der Waals surface area (Å²) in [5, 5.41) is 7.72. The minimum absolute atomic E-state index is 0.0562. The Bertz CT molecular complexity index is 764. The van der Waals surface area contributed by atoms with Gasteiger partial charge in [0, 0.05) is 12.2 Å². The molecule has 0 spiro atoms. The van der Waals surface area contributed by atoms with E-state index in [1.165, 1.54) is 12.8 Å². The Morgan fingerprint density at radius 1 is 1.21 bits per heavy atom. The number of fused-ring (bicyclic) bond motifs is 2. The van der Waals surface area contributed by atoms with E-state index in [4.69, 9.17) is 0 Å². The normalized spacial score (nSPS) is 30.5. The summed E-state index contributed by atoms with van der Waals surface area (Å²) in [5.41, 5.74) is 1.94. The average molecular weight is 323 g/mol. The first-order valence-electron chi connectivity index (χ1n) is 8.84. The Hall–Kier alpha value is -2.10. The number of aromatic nitrogens is 2. The van der Waals surface area contributed by atoms with Crippen molar-refractivity contribution in [1.82, 2.24) is 15.1 Å². The number of carbonyl (C=O) groups is 1. The maximum atomic E-state index is 12.7. The van der Waals surface area contributed by atoms with Crippen molar-refractivity contribution in [2.45, 2.75) is 46.1 Å². The van der Waals surface area contributed by atoms with Crippen molar-refractivity contribution >= 4 is 5.91 Å². The summed E-state index contributed by atoms with van der Waals surface area (Å²) in [5.74, 6) is 0.661. The number of carbonyl (C=O) groups excluding carboxylic acids is 1. The molecule has 2 bridgehead atoms. The topological polar surface area (TPSA) is 46.9 Å². The van der Waals surface area contributed by atoms with Crippen LogP contribution in [-0.2, 0) is 0 Å². The minimum atomic E-state index is -0.0562. The summed E-state index contributed by atoms with van der Waals surface area (Å²) in [6.07, 6.45) is 5.43. The van der Waals surface area contributed by atoms with E-state index in [2.05, 4.69) is 31.2 Å². The first-order valence-corrected chi connectivity index (χ1v) is 8.84. The largest absolute Gasteiger partial charge is 0.347 e. The molecule has 0 saturated heterocycles. The Morgan fingerprint density at radius 2 is 1.96 bits per heavy atom. The van der Waals surface area contributed by atoms with Gasteiger partial charge in [-0.1, -0.05) is 39.0 Å². The summed E-state index contributed by atoms with van der Waals surface area (Å²) in [4.78, 5) is 12.7. The van der Waals surface area contributed by atoms with Crippen molar-refractivity contribution in [3.05, 3.63) is 48.3 Å². The molecule has 4 nitrogen and oxygen atoms in total. The average Bonchev–Trinajstić information content (AvgIpc) is 3.19. The Balaban J connectivity index is 1.51. The highest BCUT2D eigenvalue weighted by atomic mass is 16.2. The maximum Gasteiger partial charge on any atom is 0.272 e. The molecule has 4 heteroatoms. The molecule has 2 aliphatic rings. The molecule has 2 saturated carbocycles. The fourth-order valence-corrected chi connectivity index (χ4v) is 4.82. The summed E-state index contributed by atoms with van der Waals surface area (Å²) in [6, 6.07) is 11.9. The Morgan fingerprint density at radius 3 is 2.58 bits per heavy atom. The molecule has 1 heterocycles. The molecule has 0 radical (unpaired) electrons. The number of hydrogen-bond acceptors (Lipinski definition) is 2. The number of hydrogen-bond donors (Lipinski definition) is 1. The standard InChI is InChI=1S/C20H25N3O/c1-19(2)14-9-11-20(19,3)17(13-14)21-18(24)16-10-12-23(22-16)15-7-5-4-6-8-15/h4-8,10,12,14,17H,9,11,13H2,1-3H3,(H,21,24)/t14-,17+,20-/m0/s1. The zero-order chi connectivity index (χ0) is 16.9. The first-order chi connectivity index (χ1) is 11.4. The molecule has 0 aliphatic heterocycles. The van der Waals surface area contributed by atoms with Gasteiger partial charge < -0.3 is 5.32 Å². The van der Waals surface area contributed by atoms with E-state index in [1.807, 2.05) is 36.5 Å². The van der Waals surface area contributed by atoms with E-state index in [9.17, 15) is 4.79 Å². The zero-order valence-corrected chi connectivity index (χ0v) is 14.6. The van der Waals surface area contributed by atoms with E-state index in [0.29, 0.717) is 11.1 Å². The van der Waals surface area contributed by atoms with Crippen LogP contribution >= 0.6 is 0 Å². The summed E-state index contributed by atoms with van der Waals surface area (Å²) in [6.45, 7) is 7.06. The third kappa shape index (κ3) is 2.12. The molecule has 2 aliphatic carbocycles. The van der Waals surface area contributed by atoms with E-state index >= 15 is 0 Å². The number of para-hydroxylation sites is 1. The van der Waals surface area contributed by atoms with E-state index in [1.54, 1.807) is 10.7 Å². The molecule has 0 unspecified atom stereocenters. The molecule has 1 aromatic heterocycles. The molecular formula is C20H25N3O. The van der Waals surface area contributed by atoms with E-state index < -0.39 is 0 Å². The molecule has 24 heavy (non-hydrogen) atoms. The van der Waals surface area contributed by atoms with Gasteiger partial charge in [0.2, 0.25) is 0 Å². The lowest BCUT2D eigenvalue weighted by Gasteiger charge is -2.39. The summed E-state index contributed by atoms with van der Waals surface area (Å²) in [7, 11) is 0. The van der Waals surface area contributed by atoms with Crippen molar-refractivity contribution < 1.29 is 4.79 Å². The van der Waals surface area contributed by atoms with Crippen molar-refractivity contribution in [1.29, 1.82) is 0 Å².